The van der Waals surface area contributed by atoms with E-state index in [1.807, 2.05) is 0 Å². The van der Waals surface area contributed by atoms with E-state index in [0.29, 0.717) is 19.3 Å². The fourth-order valence-corrected chi connectivity index (χ4v) is 2.71. The number of hydrogen-bond donors (Lipinski definition) is 2. The van der Waals surface area contributed by atoms with Gasteiger partial charge in [-0.2, -0.15) is 13.2 Å². The number of carboxylic acid groups (broad SMARTS) is 1. The van der Waals surface area contributed by atoms with Crippen molar-refractivity contribution >= 4 is 18.0 Å². The minimum Gasteiger partial charge on any atom is -0.481 e. The molecule has 1 heterocycles. The molecule has 0 bridgehead atoms. The summed E-state index contributed by atoms with van der Waals surface area (Å²) in [6.45, 7) is -0.822. The van der Waals surface area contributed by atoms with E-state index in [1.165, 1.54) is 7.11 Å². The van der Waals surface area contributed by atoms with E-state index in [-0.39, 0.29) is 12.5 Å². The summed E-state index contributed by atoms with van der Waals surface area (Å²) in [4.78, 5) is 34.7. The molecule has 0 aromatic heterocycles. The summed E-state index contributed by atoms with van der Waals surface area (Å²) in [5.41, 5.74) is 0. The van der Waals surface area contributed by atoms with Crippen LogP contribution in [-0.4, -0.2) is 60.9 Å². The molecule has 1 aliphatic rings. The number of amides is 2. The van der Waals surface area contributed by atoms with E-state index in [0.717, 1.165) is 17.7 Å². The van der Waals surface area contributed by atoms with Crippen molar-refractivity contribution in [1.29, 1.82) is 0 Å². The minimum atomic E-state index is -4.66. The van der Waals surface area contributed by atoms with Crippen molar-refractivity contribution in [3.8, 4) is 0 Å². The van der Waals surface area contributed by atoms with Crippen molar-refractivity contribution in [2.75, 3.05) is 26.7 Å². The number of carbonyl (C=O) groups excluding carboxylic acids is 2. The highest BCUT2D eigenvalue weighted by Crippen LogP contribution is 2.37. The summed E-state index contributed by atoms with van der Waals surface area (Å²) in [6, 6.07) is -0.687. The number of rotatable bonds is 8. The molecule has 0 aliphatic carbocycles. The number of carboxylic acids is 1. The van der Waals surface area contributed by atoms with Crippen LogP contribution in [0, 0.1) is 11.8 Å². The van der Waals surface area contributed by atoms with Crippen molar-refractivity contribution in [2.45, 2.75) is 38.3 Å². The lowest BCUT2D eigenvalue weighted by atomic mass is 9.96. The molecule has 1 rings (SSSR count). The maximum Gasteiger partial charge on any atom is 0.394 e. The van der Waals surface area contributed by atoms with Crippen molar-refractivity contribution in [3.05, 3.63) is 0 Å². The number of nitrogens with zero attached hydrogens (tertiary/aromatic N) is 1. The van der Waals surface area contributed by atoms with Gasteiger partial charge in [-0.15, -0.1) is 0 Å². The molecular weight excluding hydrogens is 345 g/mol. The third-order valence-corrected chi connectivity index (χ3v) is 4.16. The van der Waals surface area contributed by atoms with Crippen molar-refractivity contribution in [1.82, 2.24) is 10.2 Å². The molecule has 7 nitrogen and oxygen atoms in total. The fourth-order valence-electron chi connectivity index (χ4n) is 2.71. The number of aliphatic carboxylic acids is 1. The van der Waals surface area contributed by atoms with Gasteiger partial charge in [0.05, 0.1) is 18.9 Å². The van der Waals surface area contributed by atoms with Gasteiger partial charge in [-0.25, -0.2) is 4.79 Å². The van der Waals surface area contributed by atoms with Gasteiger partial charge in [0, 0.05) is 26.1 Å². The van der Waals surface area contributed by atoms with Crippen molar-refractivity contribution < 1.29 is 37.4 Å². The first kappa shape index (κ1) is 21.0. The van der Waals surface area contributed by atoms with Gasteiger partial charge < -0.3 is 20.1 Å². The van der Waals surface area contributed by atoms with Gasteiger partial charge in [-0.3, -0.25) is 9.59 Å². The lowest BCUT2D eigenvalue weighted by molar-refractivity contribution is -0.187. The highest BCUT2D eigenvalue weighted by Gasteiger charge is 2.53. The van der Waals surface area contributed by atoms with Crippen LogP contribution in [-0.2, 0) is 14.3 Å². The zero-order chi connectivity index (χ0) is 19.0. The fraction of sp³-hybridized carbons (Fsp3) is 0.800. The maximum absolute atomic E-state index is 12.9. The first-order valence-corrected chi connectivity index (χ1v) is 8.06. The normalized spacial score (nSPS) is 20.4. The van der Waals surface area contributed by atoms with E-state index in [9.17, 15) is 27.6 Å². The zero-order valence-electron chi connectivity index (χ0n) is 14.0. The van der Waals surface area contributed by atoms with Crippen LogP contribution in [0.5, 0.6) is 0 Å². The molecule has 0 radical (unpaired) electrons. The van der Waals surface area contributed by atoms with Gasteiger partial charge in [0.2, 0.25) is 0 Å². The first-order valence-electron chi connectivity index (χ1n) is 8.06. The summed E-state index contributed by atoms with van der Waals surface area (Å²) in [7, 11) is 1.31. The van der Waals surface area contributed by atoms with Crippen LogP contribution in [0.2, 0.25) is 0 Å². The zero-order valence-corrected chi connectivity index (χ0v) is 14.0. The lowest BCUT2D eigenvalue weighted by Gasteiger charge is -2.18. The molecule has 144 valence electrons. The molecule has 2 amide bonds. The number of methoxy groups -OCH3 is 1. The number of alkyl halides is 3. The number of unbranched alkanes of at least 4 members (excludes halogenated alkanes) is 3. The SMILES string of the molecule is COC(=O)CCCCCCNC(=O)N1C[C@@H](C(F)(F)F)[C@H](C(=O)O)C1. The monoisotopic (exact) mass is 368 g/mol. The highest BCUT2D eigenvalue weighted by molar-refractivity contribution is 5.77. The molecule has 10 heteroatoms. The molecule has 25 heavy (non-hydrogen) atoms. The molecule has 0 aromatic rings. The quantitative estimate of drug-likeness (QED) is 0.505. The molecule has 0 saturated carbocycles. The largest absolute Gasteiger partial charge is 0.481 e. The number of likely N-dealkylation sites (tertiary alicyclic amines) is 1. The molecule has 0 spiro atoms. The molecule has 1 aliphatic heterocycles. The Hall–Kier alpha value is -2.00. The summed E-state index contributed by atoms with van der Waals surface area (Å²) >= 11 is 0. The van der Waals surface area contributed by atoms with Crippen LogP contribution >= 0.6 is 0 Å². The Balaban J connectivity index is 2.29. The molecule has 2 atom stereocenters. The second-order valence-corrected chi connectivity index (χ2v) is 5.97. The van der Waals surface area contributed by atoms with E-state index >= 15 is 0 Å². The van der Waals surface area contributed by atoms with Gasteiger partial charge in [0.15, 0.2) is 0 Å². The van der Waals surface area contributed by atoms with Crippen LogP contribution < -0.4 is 5.32 Å². The molecule has 1 fully saturated rings. The predicted octanol–water partition coefficient (Wildman–Crippen LogP) is 2.01. The van der Waals surface area contributed by atoms with E-state index in [1.54, 1.807) is 0 Å². The number of hydrogen-bond acceptors (Lipinski definition) is 4. The Labute approximate surface area is 143 Å². The predicted molar refractivity (Wildman–Crippen MR) is 80.7 cm³/mol. The Morgan fingerprint density at radius 1 is 1.16 bits per heavy atom. The second kappa shape index (κ2) is 9.47. The van der Waals surface area contributed by atoms with Crippen LogP contribution in [0.1, 0.15) is 32.1 Å². The smallest absolute Gasteiger partial charge is 0.394 e. The summed E-state index contributed by atoms with van der Waals surface area (Å²) in [6.07, 6.45) is -1.53. The van der Waals surface area contributed by atoms with E-state index in [2.05, 4.69) is 10.1 Å². The number of ether oxygens (including phenoxy) is 1. The topological polar surface area (TPSA) is 95.9 Å². The maximum atomic E-state index is 12.9. The number of esters is 1. The van der Waals surface area contributed by atoms with E-state index in [4.69, 9.17) is 5.11 Å². The second-order valence-electron chi connectivity index (χ2n) is 5.97. The van der Waals surface area contributed by atoms with Gasteiger partial charge in [0.25, 0.3) is 0 Å². The molecule has 0 aromatic carbocycles. The van der Waals surface area contributed by atoms with Gasteiger partial charge in [-0.1, -0.05) is 12.8 Å². The summed E-state index contributed by atoms with van der Waals surface area (Å²) in [5, 5.41) is 11.4. The average molecular weight is 368 g/mol. The Kier molecular flexibility index (Phi) is 7.98. The average Bonchev–Trinajstić information content (AvgIpc) is 2.99. The van der Waals surface area contributed by atoms with Crippen LogP contribution in [0.4, 0.5) is 18.0 Å². The van der Waals surface area contributed by atoms with Crippen molar-refractivity contribution in [3.63, 3.8) is 0 Å². The summed E-state index contributed by atoms with van der Waals surface area (Å²) < 4.78 is 43.1. The third-order valence-electron chi connectivity index (χ3n) is 4.16. The van der Waals surface area contributed by atoms with Crippen LogP contribution in [0.15, 0.2) is 0 Å². The lowest BCUT2D eigenvalue weighted by Crippen LogP contribution is -2.40. The first-order chi connectivity index (χ1) is 11.7. The molecule has 2 N–H and O–H groups in total. The number of nitrogens with one attached hydrogen (secondary N) is 1. The van der Waals surface area contributed by atoms with Crippen LogP contribution in [0.3, 0.4) is 0 Å². The standard InChI is InChI=1S/C15H23F3N2O5/c1-25-12(21)6-4-2-3-5-7-19-14(24)20-8-10(13(22)23)11(9-20)15(16,17)18/h10-11H,2-9H2,1H3,(H,19,24)(H,22,23)/t10-,11-/m1/s1. The van der Waals surface area contributed by atoms with Gasteiger partial charge in [-0.05, 0) is 12.8 Å². The Morgan fingerprint density at radius 3 is 2.32 bits per heavy atom. The minimum absolute atomic E-state index is 0.280. The number of carbonyl (C=O) groups is 3. The number of urea groups is 1. The molecule has 1 saturated heterocycles. The van der Waals surface area contributed by atoms with E-state index < -0.39 is 43.1 Å². The molecule has 0 unspecified atom stereocenters. The van der Waals surface area contributed by atoms with Gasteiger partial charge in [0.1, 0.15) is 0 Å². The molecular formula is C15H23F3N2O5. The summed E-state index contributed by atoms with van der Waals surface area (Å²) in [5.74, 6) is -5.52. The van der Waals surface area contributed by atoms with Crippen LogP contribution in [0.25, 0.3) is 0 Å². The Morgan fingerprint density at radius 2 is 1.80 bits per heavy atom. The Bertz CT molecular complexity index is 484. The number of halogens is 3. The van der Waals surface area contributed by atoms with Gasteiger partial charge >= 0.3 is 24.1 Å². The highest BCUT2D eigenvalue weighted by atomic mass is 19.4. The third kappa shape index (κ3) is 6.79. The van der Waals surface area contributed by atoms with Crippen molar-refractivity contribution in [2.24, 2.45) is 11.8 Å².